The zero-order valence-corrected chi connectivity index (χ0v) is 15.3. The molecule has 0 aliphatic heterocycles. The summed E-state index contributed by atoms with van der Waals surface area (Å²) >= 11 is 0. The Morgan fingerprint density at radius 2 is 1.96 bits per heavy atom. The van der Waals surface area contributed by atoms with Gasteiger partial charge in [0.2, 0.25) is 0 Å². The average Bonchev–Trinajstić information content (AvgIpc) is 3.07. The third-order valence-corrected chi connectivity index (χ3v) is 4.91. The largest absolute Gasteiger partial charge is 0.481 e. The highest BCUT2D eigenvalue weighted by Gasteiger charge is 2.21. The van der Waals surface area contributed by atoms with Gasteiger partial charge < -0.3 is 10.1 Å². The van der Waals surface area contributed by atoms with Gasteiger partial charge in [-0.1, -0.05) is 37.3 Å². The van der Waals surface area contributed by atoms with E-state index in [-0.39, 0.29) is 11.9 Å². The van der Waals surface area contributed by atoms with Gasteiger partial charge in [0.05, 0.1) is 6.04 Å². The van der Waals surface area contributed by atoms with Crippen molar-refractivity contribution in [3.63, 3.8) is 0 Å². The lowest BCUT2D eigenvalue weighted by molar-refractivity contribution is -0.128. The lowest BCUT2D eigenvalue weighted by atomic mass is 10.0. The van der Waals surface area contributed by atoms with E-state index in [1.165, 1.54) is 29.5 Å². The molecule has 0 bridgehead atoms. The second kappa shape index (κ2) is 7.73. The van der Waals surface area contributed by atoms with Crippen LogP contribution in [0.4, 0.5) is 0 Å². The van der Waals surface area contributed by atoms with Gasteiger partial charge in [0.25, 0.3) is 5.91 Å². The van der Waals surface area contributed by atoms with Crippen LogP contribution in [0.1, 0.15) is 55.0 Å². The summed E-state index contributed by atoms with van der Waals surface area (Å²) in [6.07, 6.45) is 3.73. The number of ether oxygens (including phenoxy) is 1. The minimum atomic E-state index is -0.473. The Labute approximate surface area is 150 Å². The molecule has 0 saturated heterocycles. The molecular formula is C22H27NO2. The molecule has 3 rings (SSSR count). The maximum atomic E-state index is 12.6. The second-order valence-electron chi connectivity index (χ2n) is 6.94. The first-order valence-corrected chi connectivity index (χ1v) is 9.22. The fourth-order valence-corrected chi connectivity index (χ4v) is 3.43. The van der Waals surface area contributed by atoms with Crippen molar-refractivity contribution in [2.45, 2.75) is 58.6 Å². The van der Waals surface area contributed by atoms with Crippen molar-refractivity contribution in [3.8, 4) is 5.75 Å². The van der Waals surface area contributed by atoms with E-state index in [9.17, 15) is 4.79 Å². The molecule has 2 aromatic carbocycles. The van der Waals surface area contributed by atoms with E-state index in [0.29, 0.717) is 6.42 Å². The van der Waals surface area contributed by atoms with Gasteiger partial charge in [0.15, 0.2) is 6.10 Å². The van der Waals surface area contributed by atoms with Gasteiger partial charge in [-0.15, -0.1) is 0 Å². The fourth-order valence-electron chi connectivity index (χ4n) is 3.43. The summed E-state index contributed by atoms with van der Waals surface area (Å²) < 4.78 is 5.90. The van der Waals surface area contributed by atoms with E-state index < -0.39 is 6.10 Å². The van der Waals surface area contributed by atoms with Crippen LogP contribution >= 0.6 is 0 Å². The average molecular weight is 337 g/mol. The third kappa shape index (κ3) is 4.22. The number of benzene rings is 2. The number of carbonyl (C=O) groups excluding carboxylic acids is 1. The predicted molar refractivity (Wildman–Crippen MR) is 101 cm³/mol. The maximum Gasteiger partial charge on any atom is 0.261 e. The van der Waals surface area contributed by atoms with Crippen molar-refractivity contribution in [2.75, 3.05) is 0 Å². The number of hydrogen-bond donors (Lipinski definition) is 1. The van der Waals surface area contributed by atoms with E-state index in [0.717, 1.165) is 17.7 Å². The summed E-state index contributed by atoms with van der Waals surface area (Å²) in [5.74, 6) is 0.684. The van der Waals surface area contributed by atoms with Crippen molar-refractivity contribution in [2.24, 2.45) is 0 Å². The van der Waals surface area contributed by atoms with E-state index in [1.54, 1.807) is 0 Å². The maximum absolute atomic E-state index is 12.6. The third-order valence-electron chi connectivity index (χ3n) is 4.91. The molecule has 0 unspecified atom stereocenters. The Bertz CT molecular complexity index is 753. The number of nitrogens with one attached hydrogen (secondary N) is 1. The minimum Gasteiger partial charge on any atom is -0.481 e. The first kappa shape index (κ1) is 17.5. The summed E-state index contributed by atoms with van der Waals surface area (Å²) in [7, 11) is 0. The van der Waals surface area contributed by atoms with Crippen molar-refractivity contribution < 1.29 is 9.53 Å². The Morgan fingerprint density at radius 3 is 2.72 bits per heavy atom. The topological polar surface area (TPSA) is 38.3 Å². The monoisotopic (exact) mass is 337 g/mol. The van der Waals surface area contributed by atoms with Gasteiger partial charge in [-0.2, -0.15) is 0 Å². The van der Waals surface area contributed by atoms with E-state index in [4.69, 9.17) is 4.74 Å². The predicted octanol–water partition coefficient (Wildman–Crippen LogP) is 4.52. The highest BCUT2D eigenvalue weighted by atomic mass is 16.5. The van der Waals surface area contributed by atoms with Crippen LogP contribution in [-0.4, -0.2) is 12.0 Å². The molecule has 1 amide bonds. The van der Waals surface area contributed by atoms with Crippen LogP contribution in [0.3, 0.4) is 0 Å². The quantitative estimate of drug-likeness (QED) is 0.842. The molecule has 132 valence electrons. The van der Waals surface area contributed by atoms with E-state index in [1.807, 2.05) is 45.0 Å². The molecule has 1 aliphatic rings. The highest BCUT2D eigenvalue weighted by molar-refractivity contribution is 5.81. The Morgan fingerprint density at radius 1 is 1.16 bits per heavy atom. The van der Waals surface area contributed by atoms with Crippen molar-refractivity contribution in [1.82, 2.24) is 5.32 Å². The molecule has 3 nitrogen and oxygen atoms in total. The molecule has 1 N–H and O–H groups in total. The van der Waals surface area contributed by atoms with E-state index in [2.05, 4.69) is 23.5 Å². The molecule has 2 atom stereocenters. The smallest absolute Gasteiger partial charge is 0.261 e. The van der Waals surface area contributed by atoms with Gasteiger partial charge in [-0.25, -0.2) is 0 Å². The molecule has 0 radical (unpaired) electrons. The summed E-state index contributed by atoms with van der Waals surface area (Å²) in [5.41, 5.74) is 5.18. The Hall–Kier alpha value is -2.29. The van der Waals surface area contributed by atoms with Crippen LogP contribution in [0.15, 0.2) is 42.5 Å². The summed E-state index contributed by atoms with van der Waals surface area (Å²) in [4.78, 5) is 12.6. The summed E-state index contributed by atoms with van der Waals surface area (Å²) in [5, 5.41) is 3.11. The molecule has 25 heavy (non-hydrogen) atoms. The molecule has 0 fully saturated rings. The fraction of sp³-hybridized carbons (Fsp3) is 0.409. The Balaban J connectivity index is 1.65. The Kier molecular flexibility index (Phi) is 5.42. The van der Waals surface area contributed by atoms with Crippen LogP contribution in [0.25, 0.3) is 0 Å². The number of amides is 1. The first-order chi connectivity index (χ1) is 12.1. The lowest BCUT2D eigenvalue weighted by Crippen LogP contribution is -2.39. The first-order valence-electron chi connectivity index (χ1n) is 9.22. The van der Waals surface area contributed by atoms with Gasteiger partial charge in [-0.3, -0.25) is 4.79 Å². The van der Waals surface area contributed by atoms with E-state index >= 15 is 0 Å². The van der Waals surface area contributed by atoms with Crippen LogP contribution in [0.2, 0.25) is 0 Å². The van der Waals surface area contributed by atoms with Crippen LogP contribution < -0.4 is 10.1 Å². The highest BCUT2D eigenvalue weighted by Crippen LogP contribution is 2.25. The lowest BCUT2D eigenvalue weighted by Gasteiger charge is -2.21. The number of carbonyl (C=O) groups is 1. The molecule has 0 spiro atoms. The zero-order chi connectivity index (χ0) is 17.8. The second-order valence-corrected chi connectivity index (χ2v) is 6.94. The van der Waals surface area contributed by atoms with Crippen molar-refractivity contribution >= 4 is 5.91 Å². The van der Waals surface area contributed by atoms with Crippen LogP contribution in [-0.2, 0) is 17.6 Å². The summed E-state index contributed by atoms with van der Waals surface area (Å²) in [6, 6.07) is 14.4. The van der Waals surface area contributed by atoms with Crippen LogP contribution in [0.5, 0.6) is 5.75 Å². The number of fused-ring (bicyclic) bond motifs is 1. The standard InChI is InChI=1S/C22H27NO2/c1-4-21(25-20-10-5-7-15(2)13-20)22(24)23-16(3)18-12-11-17-8-6-9-19(17)14-18/h5,7,10-14,16,21H,4,6,8-9H2,1-3H3,(H,23,24)/t16-,21+/m1/s1. The SMILES string of the molecule is CC[C@H](Oc1cccc(C)c1)C(=O)N[C@H](C)c1ccc2c(c1)CCC2. The molecule has 1 aliphatic carbocycles. The summed E-state index contributed by atoms with van der Waals surface area (Å²) in [6.45, 7) is 6.03. The molecule has 3 heteroatoms. The normalized spacial score (nSPS) is 15.3. The molecule has 0 saturated carbocycles. The molecule has 2 aromatic rings. The minimum absolute atomic E-state index is 0.0199. The van der Waals surface area contributed by atoms with Crippen LogP contribution in [0, 0.1) is 6.92 Å². The van der Waals surface area contributed by atoms with Gasteiger partial charge >= 0.3 is 0 Å². The molecular weight excluding hydrogens is 310 g/mol. The van der Waals surface area contributed by atoms with Gasteiger partial charge in [0, 0.05) is 0 Å². The van der Waals surface area contributed by atoms with Gasteiger partial charge in [0.1, 0.15) is 5.75 Å². The molecule has 0 heterocycles. The van der Waals surface area contributed by atoms with Gasteiger partial charge in [-0.05, 0) is 73.9 Å². The number of hydrogen-bond acceptors (Lipinski definition) is 2. The van der Waals surface area contributed by atoms with Crippen molar-refractivity contribution in [3.05, 3.63) is 64.7 Å². The number of rotatable bonds is 6. The van der Waals surface area contributed by atoms with Crippen molar-refractivity contribution in [1.29, 1.82) is 0 Å². The zero-order valence-electron chi connectivity index (χ0n) is 15.3. The molecule has 0 aromatic heterocycles. The number of aryl methyl sites for hydroxylation is 3.